The third kappa shape index (κ3) is 4.19. The predicted molar refractivity (Wildman–Crippen MR) is 90.6 cm³/mol. The number of ether oxygens (including phenoxy) is 1. The number of likely N-dealkylation sites (tertiary alicyclic amines) is 1. The van der Waals surface area contributed by atoms with Crippen molar-refractivity contribution in [1.29, 1.82) is 0 Å². The lowest BCUT2D eigenvalue weighted by Gasteiger charge is -2.34. The van der Waals surface area contributed by atoms with Gasteiger partial charge in [0, 0.05) is 13.1 Å². The second-order valence-corrected chi connectivity index (χ2v) is 6.32. The summed E-state index contributed by atoms with van der Waals surface area (Å²) >= 11 is 0. The molecule has 0 aliphatic carbocycles. The van der Waals surface area contributed by atoms with Gasteiger partial charge in [-0.15, -0.1) is 0 Å². The van der Waals surface area contributed by atoms with Crippen LogP contribution >= 0.6 is 0 Å². The van der Waals surface area contributed by atoms with Gasteiger partial charge in [0.05, 0.1) is 0 Å². The summed E-state index contributed by atoms with van der Waals surface area (Å²) in [4.78, 5) is 2.32. The molecular weight excluding hydrogens is 308 g/mol. The Morgan fingerprint density at radius 3 is 1.71 bits per heavy atom. The Balaban J connectivity index is 1.83. The maximum atomic E-state index is 13.3. The van der Waals surface area contributed by atoms with E-state index in [2.05, 4.69) is 4.90 Å². The van der Waals surface area contributed by atoms with Crippen molar-refractivity contribution >= 4 is 0 Å². The Bertz CT molecular complexity index is 590. The van der Waals surface area contributed by atoms with Crippen LogP contribution in [0.25, 0.3) is 0 Å². The third-order valence-electron chi connectivity index (χ3n) is 4.58. The van der Waals surface area contributed by atoms with E-state index in [0.717, 1.165) is 24.2 Å². The standard InChI is InChI=1S/C20H23F2NO/c1-15(23-13-3-2-4-14-23)24-20(16-5-9-18(21)10-6-16)17-7-11-19(22)12-8-17/h5-12,15,20H,2-4,13-14H2,1H3. The van der Waals surface area contributed by atoms with Crippen molar-refractivity contribution in [1.82, 2.24) is 4.90 Å². The minimum Gasteiger partial charge on any atom is -0.351 e. The largest absolute Gasteiger partial charge is 0.351 e. The van der Waals surface area contributed by atoms with Crippen LogP contribution in [0.4, 0.5) is 8.78 Å². The second-order valence-electron chi connectivity index (χ2n) is 6.32. The zero-order valence-electron chi connectivity index (χ0n) is 13.9. The molecule has 0 bridgehead atoms. The summed E-state index contributed by atoms with van der Waals surface area (Å²) in [5.41, 5.74) is 1.73. The number of nitrogens with zero attached hydrogens (tertiary/aromatic N) is 1. The Morgan fingerprint density at radius 2 is 1.25 bits per heavy atom. The molecule has 1 atom stereocenters. The van der Waals surface area contributed by atoms with E-state index in [1.54, 1.807) is 24.3 Å². The lowest BCUT2D eigenvalue weighted by molar-refractivity contribution is -0.0830. The number of benzene rings is 2. The normalized spacial score (nSPS) is 17.2. The summed E-state index contributed by atoms with van der Waals surface area (Å²) in [5.74, 6) is -0.554. The first-order valence-electron chi connectivity index (χ1n) is 8.54. The molecule has 1 unspecified atom stereocenters. The van der Waals surface area contributed by atoms with Crippen molar-refractivity contribution in [2.24, 2.45) is 0 Å². The van der Waals surface area contributed by atoms with Crippen LogP contribution in [0.2, 0.25) is 0 Å². The van der Waals surface area contributed by atoms with Crippen LogP contribution < -0.4 is 0 Å². The number of halogens is 2. The van der Waals surface area contributed by atoms with E-state index < -0.39 is 0 Å². The Kier molecular flexibility index (Phi) is 5.59. The highest BCUT2D eigenvalue weighted by atomic mass is 19.1. The van der Waals surface area contributed by atoms with Gasteiger partial charge in [0.25, 0.3) is 0 Å². The van der Waals surface area contributed by atoms with E-state index >= 15 is 0 Å². The van der Waals surface area contributed by atoms with Gasteiger partial charge in [0.2, 0.25) is 0 Å². The van der Waals surface area contributed by atoms with Crippen LogP contribution in [0.15, 0.2) is 48.5 Å². The SMILES string of the molecule is CC(OC(c1ccc(F)cc1)c1ccc(F)cc1)N1CCCCC1. The molecule has 2 aromatic carbocycles. The molecule has 1 aliphatic rings. The molecule has 4 heteroatoms. The van der Waals surface area contributed by atoms with Crippen LogP contribution in [0.1, 0.15) is 43.4 Å². The zero-order valence-corrected chi connectivity index (χ0v) is 13.9. The van der Waals surface area contributed by atoms with Crippen LogP contribution in [0.5, 0.6) is 0 Å². The van der Waals surface area contributed by atoms with E-state index in [4.69, 9.17) is 4.74 Å². The molecular formula is C20H23F2NO. The number of hydrogen-bond donors (Lipinski definition) is 0. The molecule has 1 fully saturated rings. The van der Waals surface area contributed by atoms with Crippen molar-refractivity contribution in [2.75, 3.05) is 13.1 Å². The summed E-state index contributed by atoms with van der Waals surface area (Å²) in [6.07, 6.45) is 3.24. The smallest absolute Gasteiger partial charge is 0.123 e. The molecule has 0 spiro atoms. The number of hydrogen-bond acceptors (Lipinski definition) is 2. The molecule has 24 heavy (non-hydrogen) atoms. The van der Waals surface area contributed by atoms with Crippen molar-refractivity contribution in [3.05, 3.63) is 71.3 Å². The summed E-state index contributed by atoms with van der Waals surface area (Å²) < 4.78 is 32.8. The van der Waals surface area contributed by atoms with E-state index in [-0.39, 0.29) is 24.0 Å². The average Bonchev–Trinajstić information content (AvgIpc) is 2.62. The van der Waals surface area contributed by atoms with Crippen molar-refractivity contribution in [2.45, 2.75) is 38.5 Å². The molecule has 0 radical (unpaired) electrons. The molecule has 3 rings (SSSR count). The van der Waals surface area contributed by atoms with E-state index in [0.29, 0.717) is 0 Å². The maximum Gasteiger partial charge on any atom is 0.123 e. The topological polar surface area (TPSA) is 12.5 Å². The minimum atomic E-state index is -0.344. The first kappa shape index (κ1) is 17.1. The summed E-state index contributed by atoms with van der Waals surface area (Å²) in [6, 6.07) is 12.6. The van der Waals surface area contributed by atoms with Gasteiger partial charge in [0.15, 0.2) is 0 Å². The van der Waals surface area contributed by atoms with Crippen molar-refractivity contribution < 1.29 is 13.5 Å². The highest BCUT2D eigenvalue weighted by molar-refractivity contribution is 5.30. The summed E-state index contributed by atoms with van der Waals surface area (Å²) in [6.45, 7) is 4.10. The highest BCUT2D eigenvalue weighted by Gasteiger charge is 2.23. The van der Waals surface area contributed by atoms with Gasteiger partial charge in [-0.05, 0) is 55.2 Å². The fourth-order valence-corrected chi connectivity index (χ4v) is 3.19. The van der Waals surface area contributed by atoms with Gasteiger partial charge in [-0.2, -0.15) is 0 Å². The third-order valence-corrected chi connectivity index (χ3v) is 4.58. The molecule has 0 N–H and O–H groups in total. The quantitative estimate of drug-likeness (QED) is 0.772. The number of piperidine rings is 1. The van der Waals surface area contributed by atoms with Gasteiger partial charge in [-0.25, -0.2) is 8.78 Å². The first-order valence-corrected chi connectivity index (χ1v) is 8.54. The fraction of sp³-hybridized carbons (Fsp3) is 0.400. The van der Waals surface area contributed by atoms with Gasteiger partial charge in [-0.1, -0.05) is 30.7 Å². The van der Waals surface area contributed by atoms with Crippen LogP contribution in [0, 0.1) is 11.6 Å². The molecule has 1 aliphatic heterocycles. The van der Waals surface area contributed by atoms with Crippen LogP contribution in [-0.2, 0) is 4.74 Å². The van der Waals surface area contributed by atoms with Gasteiger partial charge >= 0.3 is 0 Å². The average molecular weight is 331 g/mol. The summed E-state index contributed by atoms with van der Waals surface area (Å²) in [7, 11) is 0. The Morgan fingerprint density at radius 1 is 0.792 bits per heavy atom. The lowest BCUT2D eigenvalue weighted by atomic mass is 10.0. The van der Waals surface area contributed by atoms with E-state index in [1.807, 2.05) is 6.92 Å². The molecule has 2 aromatic rings. The molecule has 1 saturated heterocycles. The van der Waals surface area contributed by atoms with E-state index in [9.17, 15) is 8.78 Å². The van der Waals surface area contributed by atoms with Gasteiger partial charge in [0.1, 0.15) is 24.0 Å². The molecule has 0 aromatic heterocycles. The monoisotopic (exact) mass is 331 g/mol. The first-order chi connectivity index (χ1) is 11.6. The molecule has 1 heterocycles. The van der Waals surface area contributed by atoms with Crippen LogP contribution in [-0.4, -0.2) is 24.2 Å². The molecule has 128 valence electrons. The second kappa shape index (κ2) is 7.86. The number of rotatable bonds is 5. The van der Waals surface area contributed by atoms with Gasteiger partial charge in [-0.3, -0.25) is 4.90 Å². The molecule has 0 amide bonds. The van der Waals surface area contributed by atoms with Crippen molar-refractivity contribution in [3.8, 4) is 0 Å². The van der Waals surface area contributed by atoms with E-state index in [1.165, 1.54) is 43.5 Å². The maximum absolute atomic E-state index is 13.3. The Hall–Kier alpha value is -1.78. The fourth-order valence-electron chi connectivity index (χ4n) is 3.19. The Labute approximate surface area is 142 Å². The molecule has 2 nitrogen and oxygen atoms in total. The summed E-state index contributed by atoms with van der Waals surface area (Å²) in [5, 5.41) is 0. The van der Waals surface area contributed by atoms with Crippen molar-refractivity contribution in [3.63, 3.8) is 0 Å². The predicted octanol–water partition coefficient (Wildman–Crippen LogP) is 4.90. The lowest BCUT2D eigenvalue weighted by Crippen LogP contribution is -2.39. The zero-order chi connectivity index (χ0) is 16.9. The molecule has 0 saturated carbocycles. The van der Waals surface area contributed by atoms with Crippen LogP contribution in [0.3, 0.4) is 0 Å². The van der Waals surface area contributed by atoms with Gasteiger partial charge < -0.3 is 4.74 Å². The minimum absolute atomic E-state index is 0.0505. The highest BCUT2D eigenvalue weighted by Crippen LogP contribution is 2.29.